The van der Waals surface area contributed by atoms with Crippen molar-refractivity contribution < 1.29 is 5.11 Å². The summed E-state index contributed by atoms with van der Waals surface area (Å²) in [5, 5.41) is 10.9. The third kappa shape index (κ3) is 2.65. The standard InChI is InChI=1S/C30H50O/c1-19(2)20-11-14-27(5)17-18-29(7)21(25(20)27)9-10-23-28(6)15-13-24(31)26(3,4)22(28)12-16-30(23,29)8/h20-25,31H,1,9-18H2,2-8H3/t20-,21+,22-,23+,24-,25+,27-,28-,29+,30+/m0/s1. The predicted octanol–water partition coefficient (Wildman–Crippen LogP) is 8.02. The minimum atomic E-state index is -0.118. The number of hydrogen-bond donors (Lipinski definition) is 1. The quantitative estimate of drug-likeness (QED) is 0.421. The molecule has 1 nitrogen and oxygen atoms in total. The van der Waals surface area contributed by atoms with Gasteiger partial charge in [0.05, 0.1) is 6.10 Å². The Morgan fingerprint density at radius 1 is 0.742 bits per heavy atom. The van der Waals surface area contributed by atoms with Crippen LogP contribution in [-0.4, -0.2) is 11.2 Å². The van der Waals surface area contributed by atoms with E-state index < -0.39 is 0 Å². The van der Waals surface area contributed by atoms with E-state index in [0.717, 1.165) is 30.1 Å². The van der Waals surface area contributed by atoms with Crippen molar-refractivity contribution in [1.29, 1.82) is 0 Å². The second kappa shape index (κ2) is 6.64. The highest BCUT2D eigenvalue weighted by Gasteiger charge is 2.70. The van der Waals surface area contributed by atoms with Crippen LogP contribution in [0.4, 0.5) is 0 Å². The second-order valence-electron chi connectivity index (χ2n) is 14.7. The minimum absolute atomic E-state index is 0.0632. The zero-order valence-electron chi connectivity index (χ0n) is 21.7. The van der Waals surface area contributed by atoms with Gasteiger partial charge in [0.15, 0.2) is 0 Å². The molecule has 5 fully saturated rings. The zero-order chi connectivity index (χ0) is 22.6. The first kappa shape index (κ1) is 22.5. The molecule has 31 heavy (non-hydrogen) atoms. The molecule has 0 unspecified atom stereocenters. The molecule has 1 heteroatoms. The molecule has 0 aliphatic heterocycles. The van der Waals surface area contributed by atoms with Crippen LogP contribution in [-0.2, 0) is 0 Å². The summed E-state index contributed by atoms with van der Waals surface area (Å²) in [6, 6.07) is 0. The summed E-state index contributed by atoms with van der Waals surface area (Å²) < 4.78 is 0. The van der Waals surface area contributed by atoms with Gasteiger partial charge >= 0.3 is 0 Å². The zero-order valence-corrected chi connectivity index (χ0v) is 21.7. The van der Waals surface area contributed by atoms with Gasteiger partial charge in [-0.2, -0.15) is 0 Å². The normalized spacial score (nSPS) is 57.9. The van der Waals surface area contributed by atoms with Gasteiger partial charge in [-0.25, -0.2) is 0 Å². The van der Waals surface area contributed by atoms with Gasteiger partial charge in [-0.1, -0.05) is 53.7 Å². The summed E-state index contributed by atoms with van der Waals surface area (Å²) in [6.45, 7) is 22.3. The molecule has 0 spiro atoms. The van der Waals surface area contributed by atoms with Gasteiger partial charge in [0.25, 0.3) is 0 Å². The first-order chi connectivity index (χ1) is 14.3. The van der Waals surface area contributed by atoms with Crippen molar-refractivity contribution >= 4 is 0 Å². The third-order valence-electron chi connectivity index (χ3n) is 13.5. The fourth-order valence-corrected chi connectivity index (χ4v) is 11.5. The molecule has 1 N–H and O–H groups in total. The van der Waals surface area contributed by atoms with Crippen LogP contribution < -0.4 is 0 Å². The Labute approximate surface area is 192 Å². The summed E-state index contributed by atoms with van der Waals surface area (Å²) >= 11 is 0. The van der Waals surface area contributed by atoms with Gasteiger partial charge in [0.2, 0.25) is 0 Å². The molecule has 0 aromatic carbocycles. The molecule has 0 radical (unpaired) electrons. The number of allylic oxidation sites excluding steroid dienone is 1. The first-order valence-corrected chi connectivity index (χ1v) is 13.6. The smallest absolute Gasteiger partial charge is 0.0594 e. The van der Waals surface area contributed by atoms with Gasteiger partial charge in [-0.3, -0.25) is 0 Å². The van der Waals surface area contributed by atoms with E-state index in [9.17, 15) is 5.11 Å². The van der Waals surface area contributed by atoms with E-state index in [1.165, 1.54) is 63.4 Å². The molecule has 0 amide bonds. The lowest BCUT2D eigenvalue weighted by Gasteiger charge is -2.73. The lowest BCUT2D eigenvalue weighted by atomic mass is 9.32. The van der Waals surface area contributed by atoms with Crippen molar-refractivity contribution in [2.45, 2.75) is 119 Å². The van der Waals surface area contributed by atoms with Crippen LogP contribution in [0.5, 0.6) is 0 Å². The molecule has 176 valence electrons. The molecule has 0 heterocycles. The van der Waals surface area contributed by atoms with Crippen molar-refractivity contribution in [1.82, 2.24) is 0 Å². The Bertz CT molecular complexity index is 766. The highest BCUT2D eigenvalue weighted by molar-refractivity contribution is 5.21. The van der Waals surface area contributed by atoms with Crippen LogP contribution in [0.2, 0.25) is 0 Å². The summed E-state index contributed by atoms with van der Waals surface area (Å²) in [5.74, 6) is 3.98. The van der Waals surface area contributed by atoms with Crippen molar-refractivity contribution in [3.05, 3.63) is 12.2 Å². The van der Waals surface area contributed by atoms with E-state index >= 15 is 0 Å². The lowest BCUT2D eigenvalue weighted by Crippen LogP contribution is -2.66. The van der Waals surface area contributed by atoms with Gasteiger partial charge in [0.1, 0.15) is 0 Å². The van der Waals surface area contributed by atoms with E-state index in [4.69, 9.17) is 0 Å². The number of aliphatic hydroxyl groups excluding tert-OH is 1. The molecule has 0 aromatic rings. The highest BCUT2D eigenvalue weighted by Crippen LogP contribution is 2.77. The summed E-state index contributed by atoms with van der Waals surface area (Å²) in [5.41, 5.74) is 3.38. The first-order valence-electron chi connectivity index (χ1n) is 13.6. The van der Waals surface area contributed by atoms with E-state index in [0.29, 0.717) is 27.6 Å². The maximum Gasteiger partial charge on any atom is 0.0594 e. The maximum atomic E-state index is 10.9. The van der Waals surface area contributed by atoms with Gasteiger partial charge in [-0.05, 0) is 128 Å². The summed E-state index contributed by atoms with van der Waals surface area (Å²) in [4.78, 5) is 0. The van der Waals surface area contributed by atoms with E-state index in [2.05, 4.69) is 55.0 Å². The number of rotatable bonds is 1. The Morgan fingerprint density at radius 2 is 1.45 bits per heavy atom. The molecule has 10 atom stereocenters. The lowest BCUT2D eigenvalue weighted by molar-refractivity contribution is -0.246. The van der Waals surface area contributed by atoms with Crippen molar-refractivity contribution in [3.8, 4) is 0 Å². The molecule has 5 rings (SSSR count). The fourth-order valence-electron chi connectivity index (χ4n) is 11.5. The molecular weight excluding hydrogens is 376 g/mol. The van der Waals surface area contributed by atoms with Gasteiger partial charge in [0, 0.05) is 0 Å². The SMILES string of the molecule is C=C(C)[C@@H]1CC[C@@]2(C)CC[C@]3(C)[C@H](CC[C@@H]4[C@@]5(C)CC[C@H](O)C(C)(C)[C@@H]5CC[C@]43C)[C@@H]12. The van der Waals surface area contributed by atoms with Crippen LogP contribution in [0.25, 0.3) is 0 Å². The molecule has 0 saturated heterocycles. The second-order valence-corrected chi connectivity index (χ2v) is 14.7. The Kier molecular flexibility index (Phi) is 4.82. The number of aliphatic hydroxyl groups is 1. The number of hydrogen-bond acceptors (Lipinski definition) is 1. The van der Waals surface area contributed by atoms with Crippen LogP contribution in [0.15, 0.2) is 12.2 Å². The minimum Gasteiger partial charge on any atom is -0.393 e. The molecule has 5 aliphatic carbocycles. The van der Waals surface area contributed by atoms with Crippen LogP contribution >= 0.6 is 0 Å². The molecule has 0 bridgehead atoms. The monoisotopic (exact) mass is 426 g/mol. The highest BCUT2D eigenvalue weighted by atomic mass is 16.3. The van der Waals surface area contributed by atoms with Crippen molar-refractivity contribution in [2.24, 2.45) is 56.7 Å². The molecule has 5 saturated carbocycles. The number of fused-ring (bicyclic) bond motifs is 7. The maximum absolute atomic E-state index is 10.9. The van der Waals surface area contributed by atoms with Crippen LogP contribution in [0.1, 0.15) is 113 Å². The van der Waals surface area contributed by atoms with Crippen LogP contribution in [0, 0.1) is 56.7 Å². The summed E-state index contributed by atoms with van der Waals surface area (Å²) in [7, 11) is 0. The molecular formula is C30H50O. The Balaban J connectivity index is 1.54. The third-order valence-corrected chi connectivity index (χ3v) is 13.5. The summed E-state index contributed by atoms with van der Waals surface area (Å²) in [6.07, 6.45) is 13.4. The Hall–Kier alpha value is -0.300. The average Bonchev–Trinajstić information content (AvgIpc) is 3.04. The molecule has 0 aromatic heterocycles. The van der Waals surface area contributed by atoms with Gasteiger partial charge < -0.3 is 5.11 Å². The average molecular weight is 427 g/mol. The van der Waals surface area contributed by atoms with Crippen LogP contribution in [0.3, 0.4) is 0 Å². The van der Waals surface area contributed by atoms with E-state index in [1.807, 2.05) is 0 Å². The van der Waals surface area contributed by atoms with E-state index in [-0.39, 0.29) is 11.5 Å². The topological polar surface area (TPSA) is 20.2 Å². The Morgan fingerprint density at radius 3 is 2.13 bits per heavy atom. The molecule has 5 aliphatic rings. The largest absolute Gasteiger partial charge is 0.393 e. The van der Waals surface area contributed by atoms with Crippen molar-refractivity contribution in [3.63, 3.8) is 0 Å². The predicted molar refractivity (Wildman–Crippen MR) is 131 cm³/mol. The van der Waals surface area contributed by atoms with Crippen molar-refractivity contribution in [2.75, 3.05) is 0 Å². The fraction of sp³-hybridized carbons (Fsp3) is 0.933. The van der Waals surface area contributed by atoms with E-state index in [1.54, 1.807) is 0 Å². The van der Waals surface area contributed by atoms with Gasteiger partial charge in [-0.15, -0.1) is 0 Å².